The number of carbonyl (C=O) groups excluding carboxylic acids is 1. The number of fused-ring (bicyclic) bond motifs is 1. The molecular formula is C26H34BrN3O2. The van der Waals surface area contributed by atoms with Crippen LogP contribution in [0.2, 0.25) is 0 Å². The van der Waals surface area contributed by atoms with Crippen molar-refractivity contribution >= 4 is 33.4 Å². The average molecular weight is 500 g/mol. The summed E-state index contributed by atoms with van der Waals surface area (Å²) in [6.07, 6.45) is 5.28. The third kappa shape index (κ3) is 6.35. The van der Waals surface area contributed by atoms with Crippen LogP contribution in [-0.4, -0.2) is 20.9 Å². The van der Waals surface area contributed by atoms with Gasteiger partial charge in [0.25, 0.3) is 0 Å². The number of nitrogens with zero attached hydrogens (tertiary/aromatic N) is 2. The minimum atomic E-state index is -0.191. The van der Waals surface area contributed by atoms with Gasteiger partial charge in [-0.2, -0.15) is 0 Å². The molecular weight excluding hydrogens is 466 g/mol. The number of nitrogens with one attached hydrogen (secondary N) is 1. The number of pyridine rings is 1. The standard InChI is InChI=1S/C26H34BrN3O2/c1-7-8-9-22(31)32-20-13-10-18(11-14-20)23-24(29-26(5,6)17-25(2,3)4)30-16-19(27)12-15-21(30)28-23/h10-16,29H,7-9,17H2,1-6H3. The molecule has 0 amide bonds. The molecule has 172 valence electrons. The van der Waals surface area contributed by atoms with E-state index in [2.05, 4.69) is 67.2 Å². The molecule has 0 radical (unpaired) electrons. The van der Waals surface area contributed by atoms with Crippen LogP contribution >= 0.6 is 15.9 Å². The fourth-order valence-corrected chi connectivity index (χ4v) is 4.55. The first kappa shape index (κ1) is 24.3. The van der Waals surface area contributed by atoms with Gasteiger partial charge in [0.05, 0.1) is 0 Å². The Morgan fingerprint density at radius 1 is 1.09 bits per heavy atom. The van der Waals surface area contributed by atoms with E-state index >= 15 is 0 Å². The highest BCUT2D eigenvalue weighted by Gasteiger charge is 2.28. The van der Waals surface area contributed by atoms with E-state index in [4.69, 9.17) is 9.72 Å². The molecule has 0 aliphatic carbocycles. The van der Waals surface area contributed by atoms with Crippen molar-refractivity contribution in [3.63, 3.8) is 0 Å². The van der Waals surface area contributed by atoms with Gasteiger partial charge in [-0.15, -0.1) is 0 Å². The quantitative estimate of drug-likeness (QED) is 0.257. The molecule has 0 saturated heterocycles. The molecule has 0 bridgehead atoms. The minimum absolute atomic E-state index is 0.139. The average Bonchev–Trinajstić information content (AvgIpc) is 3.02. The third-order valence-electron chi connectivity index (χ3n) is 5.11. The number of unbranched alkanes of at least 4 members (excludes halogenated alkanes) is 1. The zero-order valence-corrected chi connectivity index (χ0v) is 21.5. The topological polar surface area (TPSA) is 55.6 Å². The number of carbonyl (C=O) groups is 1. The van der Waals surface area contributed by atoms with Gasteiger partial charge in [-0.3, -0.25) is 9.20 Å². The molecule has 0 atom stereocenters. The summed E-state index contributed by atoms with van der Waals surface area (Å²) in [5.41, 5.74) is 2.75. The van der Waals surface area contributed by atoms with E-state index in [0.29, 0.717) is 12.2 Å². The van der Waals surface area contributed by atoms with Crippen molar-refractivity contribution in [3.05, 3.63) is 47.1 Å². The molecule has 3 aromatic rings. The highest BCUT2D eigenvalue weighted by Crippen LogP contribution is 2.35. The van der Waals surface area contributed by atoms with Crippen molar-refractivity contribution in [2.24, 2.45) is 5.41 Å². The maximum Gasteiger partial charge on any atom is 0.311 e. The number of hydrogen-bond acceptors (Lipinski definition) is 4. The number of anilines is 1. The SMILES string of the molecule is CCCCC(=O)Oc1ccc(-c2nc3ccc(Br)cn3c2NC(C)(C)CC(C)(C)C)cc1. The number of halogens is 1. The van der Waals surface area contributed by atoms with Crippen LogP contribution in [0.3, 0.4) is 0 Å². The Bertz CT molecular complexity index is 1080. The second-order valence-corrected chi connectivity index (χ2v) is 11.1. The van der Waals surface area contributed by atoms with Crippen LogP contribution in [0.15, 0.2) is 47.1 Å². The van der Waals surface area contributed by atoms with Crippen molar-refractivity contribution in [1.29, 1.82) is 0 Å². The number of benzene rings is 1. The van der Waals surface area contributed by atoms with Crippen LogP contribution in [0.1, 0.15) is 67.2 Å². The molecule has 0 aliphatic rings. The van der Waals surface area contributed by atoms with Crippen molar-refractivity contribution in [3.8, 4) is 17.0 Å². The first-order valence-electron chi connectivity index (χ1n) is 11.2. The van der Waals surface area contributed by atoms with Gasteiger partial charge >= 0.3 is 5.97 Å². The van der Waals surface area contributed by atoms with Crippen molar-refractivity contribution < 1.29 is 9.53 Å². The zero-order valence-electron chi connectivity index (χ0n) is 20.0. The van der Waals surface area contributed by atoms with Crippen molar-refractivity contribution in [2.75, 3.05) is 5.32 Å². The fourth-order valence-electron chi connectivity index (χ4n) is 4.21. The van der Waals surface area contributed by atoms with E-state index in [1.54, 1.807) is 0 Å². The van der Waals surface area contributed by atoms with Gasteiger partial charge in [-0.25, -0.2) is 4.98 Å². The normalized spacial score (nSPS) is 12.2. The van der Waals surface area contributed by atoms with E-state index in [-0.39, 0.29) is 16.9 Å². The summed E-state index contributed by atoms with van der Waals surface area (Å²) in [5, 5.41) is 3.76. The summed E-state index contributed by atoms with van der Waals surface area (Å²) < 4.78 is 8.53. The van der Waals surface area contributed by atoms with Crippen LogP contribution in [0.5, 0.6) is 5.75 Å². The van der Waals surface area contributed by atoms with Gasteiger partial charge in [0.15, 0.2) is 0 Å². The van der Waals surface area contributed by atoms with Crippen LogP contribution < -0.4 is 10.1 Å². The number of ether oxygens (including phenoxy) is 1. The second-order valence-electron chi connectivity index (χ2n) is 10.2. The Morgan fingerprint density at radius 2 is 1.78 bits per heavy atom. The van der Waals surface area contributed by atoms with Crippen molar-refractivity contribution in [1.82, 2.24) is 9.38 Å². The van der Waals surface area contributed by atoms with Crippen LogP contribution in [-0.2, 0) is 4.79 Å². The van der Waals surface area contributed by atoms with E-state index < -0.39 is 0 Å². The highest BCUT2D eigenvalue weighted by molar-refractivity contribution is 9.10. The molecule has 0 aliphatic heterocycles. The Kier molecular flexibility index (Phi) is 7.33. The Hall–Kier alpha value is -2.34. The smallest absolute Gasteiger partial charge is 0.311 e. The number of hydrogen-bond donors (Lipinski definition) is 1. The summed E-state index contributed by atoms with van der Waals surface area (Å²) in [5.74, 6) is 1.32. The van der Waals surface area contributed by atoms with E-state index in [1.165, 1.54) is 0 Å². The lowest BCUT2D eigenvalue weighted by molar-refractivity contribution is -0.134. The summed E-state index contributed by atoms with van der Waals surface area (Å²) in [6.45, 7) is 13.3. The molecule has 0 unspecified atom stereocenters. The molecule has 5 nitrogen and oxygen atoms in total. The van der Waals surface area contributed by atoms with Gasteiger partial charge in [0, 0.05) is 28.2 Å². The minimum Gasteiger partial charge on any atom is -0.427 e. The van der Waals surface area contributed by atoms with Crippen LogP contribution in [0, 0.1) is 5.41 Å². The molecule has 0 spiro atoms. The third-order valence-corrected chi connectivity index (χ3v) is 5.57. The largest absolute Gasteiger partial charge is 0.427 e. The van der Waals surface area contributed by atoms with Gasteiger partial charge in [-0.1, -0.05) is 34.1 Å². The lowest BCUT2D eigenvalue weighted by Crippen LogP contribution is -2.36. The van der Waals surface area contributed by atoms with Gasteiger partial charge in [0.1, 0.15) is 22.9 Å². The first-order valence-corrected chi connectivity index (χ1v) is 12.0. The molecule has 0 fully saturated rings. The second kappa shape index (κ2) is 9.65. The van der Waals surface area contributed by atoms with Gasteiger partial charge in [0.2, 0.25) is 0 Å². The lowest BCUT2D eigenvalue weighted by atomic mass is 9.82. The Balaban J connectivity index is 1.96. The lowest BCUT2D eigenvalue weighted by Gasteiger charge is -2.34. The summed E-state index contributed by atoms with van der Waals surface area (Å²) in [4.78, 5) is 16.9. The highest BCUT2D eigenvalue weighted by atomic mass is 79.9. The monoisotopic (exact) mass is 499 g/mol. The molecule has 3 rings (SSSR count). The summed E-state index contributed by atoms with van der Waals surface area (Å²) in [6, 6.07) is 11.6. The van der Waals surface area contributed by atoms with Gasteiger partial charge in [-0.05, 0) is 84.4 Å². The molecule has 32 heavy (non-hydrogen) atoms. The molecule has 2 aromatic heterocycles. The molecule has 1 aromatic carbocycles. The number of aromatic nitrogens is 2. The molecule has 1 N–H and O–H groups in total. The number of esters is 1. The molecule has 6 heteroatoms. The van der Waals surface area contributed by atoms with Crippen LogP contribution in [0.25, 0.3) is 16.9 Å². The first-order chi connectivity index (χ1) is 15.0. The maximum atomic E-state index is 11.9. The summed E-state index contributed by atoms with van der Waals surface area (Å²) >= 11 is 3.59. The van der Waals surface area contributed by atoms with Crippen LogP contribution in [0.4, 0.5) is 5.82 Å². The van der Waals surface area contributed by atoms with E-state index in [0.717, 1.165) is 46.5 Å². The molecule has 2 heterocycles. The van der Waals surface area contributed by atoms with E-state index in [1.807, 2.05) is 42.6 Å². The zero-order chi connectivity index (χ0) is 23.5. The van der Waals surface area contributed by atoms with Gasteiger partial charge < -0.3 is 10.1 Å². The maximum absolute atomic E-state index is 11.9. The Labute approximate surface area is 199 Å². The molecule has 0 saturated carbocycles. The predicted octanol–water partition coefficient (Wildman–Crippen LogP) is 7.49. The predicted molar refractivity (Wildman–Crippen MR) is 135 cm³/mol. The Morgan fingerprint density at radius 3 is 2.41 bits per heavy atom. The van der Waals surface area contributed by atoms with E-state index in [9.17, 15) is 4.79 Å². The fraction of sp³-hybridized carbons (Fsp3) is 0.462. The number of rotatable bonds is 8. The number of imidazole rings is 1. The van der Waals surface area contributed by atoms with Crippen molar-refractivity contribution in [2.45, 2.75) is 72.8 Å². The summed E-state index contributed by atoms with van der Waals surface area (Å²) in [7, 11) is 0.